The largest absolute Gasteiger partial charge is 0.265 e. The van der Waals surface area contributed by atoms with E-state index in [1.807, 2.05) is 24.3 Å². The van der Waals surface area contributed by atoms with Gasteiger partial charge < -0.3 is 0 Å². The minimum atomic E-state index is 0.881. The molecule has 1 aromatic carbocycles. The highest BCUT2D eigenvalue weighted by molar-refractivity contribution is 6.01. The zero-order valence-electron chi connectivity index (χ0n) is 9.45. The Morgan fingerprint density at radius 3 is 2.19 bits per heavy atom. The summed E-state index contributed by atoms with van der Waals surface area (Å²) in [5, 5.41) is 0. The van der Waals surface area contributed by atoms with Gasteiger partial charge in [0.1, 0.15) is 0 Å². The van der Waals surface area contributed by atoms with E-state index in [-0.39, 0.29) is 0 Å². The van der Waals surface area contributed by atoms with E-state index >= 15 is 0 Å². The summed E-state index contributed by atoms with van der Waals surface area (Å²) >= 11 is 0. The molecule has 82 valence electrons. The molecular formula is C14H16N2. The lowest BCUT2D eigenvalue weighted by molar-refractivity contribution is 0.735. The minimum absolute atomic E-state index is 0.881. The molecule has 1 saturated carbocycles. The van der Waals surface area contributed by atoms with Crippen molar-refractivity contribution in [3.8, 4) is 0 Å². The number of hydrogen-bond donors (Lipinski definition) is 0. The van der Waals surface area contributed by atoms with Crippen LogP contribution in [0.2, 0.25) is 0 Å². The first-order valence-corrected chi connectivity index (χ1v) is 5.62. The fourth-order valence-electron chi connectivity index (χ4n) is 1.88. The number of allylic oxidation sites excluding steroid dienone is 1. The zero-order valence-corrected chi connectivity index (χ0v) is 9.45. The lowest BCUT2D eigenvalue weighted by Crippen LogP contribution is -2.07. The van der Waals surface area contributed by atoms with Gasteiger partial charge in [-0.2, -0.15) is 0 Å². The maximum Gasteiger partial charge on any atom is 0.0634 e. The van der Waals surface area contributed by atoms with Crippen LogP contribution in [0.3, 0.4) is 0 Å². The molecule has 0 unspecified atom stereocenters. The van der Waals surface area contributed by atoms with Crippen molar-refractivity contribution in [3.05, 3.63) is 36.4 Å². The van der Waals surface area contributed by atoms with E-state index in [1.165, 1.54) is 18.4 Å². The smallest absolute Gasteiger partial charge is 0.0634 e. The highest BCUT2D eigenvalue weighted by atomic mass is 14.8. The third kappa shape index (κ3) is 2.45. The Bertz CT molecular complexity index is 427. The van der Waals surface area contributed by atoms with Crippen LogP contribution in [-0.4, -0.2) is 12.4 Å². The predicted molar refractivity (Wildman–Crippen MR) is 70.4 cm³/mol. The first-order chi connectivity index (χ1) is 7.79. The van der Waals surface area contributed by atoms with E-state index < -0.39 is 0 Å². The van der Waals surface area contributed by atoms with E-state index in [1.54, 1.807) is 0 Å². The van der Waals surface area contributed by atoms with Crippen LogP contribution in [0.15, 0.2) is 46.4 Å². The third-order valence-corrected chi connectivity index (χ3v) is 2.85. The van der Waals surface area contributed by atoms with Crippen LogP contribution in [-0.2, 0) is 0 Å². The molecule has 0 bridgehead atoms. The second-order valence-electron chi connectivity index (χ2n) is 4.04. The van der Waals surface area contributed by atoms with Gasteiger partial charge in [-0.05, 0) is 62.2 Å². The molecule has 0 spiro atoms. The summed E-state index contributed by atoms with van der Waals surface area (Å²) in [4.78, 5) is 8.49. The normalized spacial score (nSPS) is 18.8. The van der Waals surface area contributed by atoms with E-state index in [0.717, 1.165) is 29.9 Å². The van der Waals surface area contributed by atoms with Crippen LogP contribution >= 0.6 is 0 Å². The Balaban J connectivity index is 2.20. The molecule has 0 aliphatic heterocycles. The van der Waals surface area contributed by atoms with Gasteiger partial charge in [0.05, 0.1) is 11.4 Å². The molecule has 0 atom stereocenters. The topological polar surface area (TPSA) is 24.7 Å². The molecule has 0 amide bonds. The van der Waals surface area contributed by atoms with Crippen LogP contribution in [0.4, 0.5) is 11.4 Å². The van der Waals surface area contributed by atoms with Gasteiger partial charge in [-0.3, -0.25) is 9.98 Å². The average molecular weight is 212 g/mol. The second-order valence-corrected chi connectivity index (χ2v) is 4.04. The Hall–Kier alpha value is -1.70. The van der Waals surface area contributed by atoms with Crippen LogP contribution in [0.5, 0.6) is 0 Å². The molecule has 16 heavy (non-hydrogen) atoms. The van der Waals surface area contributed by atoms with Crippen LogP contribution in [0.25, 0.3) is 0 Å². The third-order valence-electron chi connectivity index (χ3n) is 2.85. The lowest BCUT2D eigenvalue weighted by Gasteiger charge is -2.15. The number of rotatable bonds is 2. The van der Waals surface area contributed by atoms with Gasteiger partial charge in [0.2, 0.25) is 0 Å². The molecule has 0 heterocycles. The molecule has 0 saturated heterocycles. The van der Waals surface area contributed by atoms with Crippen molar-refractivity contribution in [2.45, 2.75) is 25.7 Å². The fraction of sp³-hybridized carbons (Fsp3) is 0.286. The van der Waals surface area contributed by atoms with Crippen LogP contribution in [0, 0.1) is 0 Å². The molecule has 1 aliphatic rings. The zero-order chi connectivity index (χ0) is 11.4. The van der Waals surface area contributed by atoms with Gasteiger partial charge >= 0.3 is 0 Å². The summed E-state index contributed by atoms with van der Waals surface area (Å²) < 4.78 is 0. The van der Waals surface area contributed by atoms with Crippen molar-refractivity contribution in [3.63, 3.8) is 0 Å². The summed E-state index contributed by atoms with van der Waals surface area (Å²) in [6.07, 6.45) is 4.62. The average Bonchev–Trinajstić information content (AvgIpc) is 2.33. The molecule has 0 N–H and O–H groups in total. The molecule has 2 nitrogen and oxygen atoms in total. The van der Waals surface area contributed by atoms with E-state index in [0.29, 0.717) is 0 Å². The van der Waals surface area contributed by atoms with E-state index in [4.69, 9.17) is 0 Å². The quantitative estimate of drug-likeness (QED) is 0.656. The molecule has 1 fully saturated rings. The van der Waals surface area contributed by atoms with Crippen molar-refractivity contribution in [1.29, 1.82) is 0 Å². The van der Waals surface area contributed by atoms with Crippen molar-refractivity contribution in [2.75, 3.05) is 0 Å². The molecule has 0 aromatic heterocycles. The van der Waals surface area contributed by atoms with Gasteiger partial charge in [-0.25, -0.2) is 0 Å². The van der Waals surface area contributed by atoms with Gasteiger partial charge in [-0.15, -0.1) is 0 Å². The summed E-state index contributed by atoms with van der Waals surface area (Å²) in [6.45, 7) is 7.55. The van der Waals surface area contributed by atoms with Gasteiger partial charge in [0.15, 0.2) is 0 Å². The number of hydrogen-bond acceptors (Lipinski definition) is 2. The van der Waals surface area contributed by atoms with Crippen molar-refractivity contribution in [1.82, 2.24) is 0 Å². The molecule has 1 aliphatic carbocycles. The maximum absolute atomic E-state index is 4.63. The van der Waals surface area contributed by atoms with Crippen LogP contribution in [0.1, 0.15) is 25.7 Å². The fourth-order valence-corrected chi connectivity index (χ4v) is 1.88. The summed E-state index contributed by atoms with van der Waals surface area (Å²) in [7, 11) is 0. The molecule has 1 aromatic rings. The Kier molecular flexibility index (Phi) is 3.30. The number of nitrogens with zero attached hydrogens (tertiary/aromatic N) is 2. The summed E-state index contributed by atoms with van der Waals surface area (Å²) in [6, 6.07) is 7.80. The lowest BCUT2D eigenvalue weighted by atomic mass is 9.94. The van der Waals surface area contributed by atoms with Crippen LogP contribution < -0.4 is 0 Å². The number of benzene rings is 1. The molecule has 0 radical (unpaired) electrons. The number of aliphatic imine (C=N–C) groups is 2. The van der Waals surface area contributed by atoms with Gasteiger partial charge in [0.25, 0.3) is 0 Å². The van der Waals surface area contributed by atoms with E-state index in [9.17, 15) is 0 Å². The Labute approximate surface area is 96.4 Å². The predicted octanol–water partition coefficient (Wildman–Crippen LogP) is 4.22. The standard InChI is InChI=1S/C14H16N2/c1-11-5-3-4-6-14(11)16-13-9-7-12(15-2)8-10-13/h7-10H,1-6H2. The molecule has 2 rings (SSSR count). The molecular weight excluding hydrogens is 196 g/mol. The Morgan fingerprint density at radius 1 is 0.938 bits per heavy atom. The first kappa shape index (κ1) is 10.8. The van der Waals surface area contributed by atoms with Crippen molar-refractivity contribution >= 4 is 23.8 Å². The minimum Gasteiger partial charge on any atom is -0.265 e. The van der Waals surface area contributed by atoms with Gasteiger partial charge in [-0.1, -0.05) is 6.58 Å². The Morgan fingerprint density at radius 2 is 1.56 bits per heavy atom. The SMILES string of the molecule is C=Nc1ccc(N=C2CCCCC2=C)cc1. The molecule has 2 heteroatoms. The maximum atomic E-state index is 4.63. The second kappa shape index (κ2) is 4.88. The first-order valence-electron chi connectivity index (χ1n) is 5.62. The summed E-state index contributed by atoms with van der Waals surface area (Å²) in [5.41, 5.74) is 4.21. The van der Waals surface area contributed by atoms with E-state index in [2.05, 4.69) is 23.3 Å². The highest BCUT2D eigenvalue weighted by Crippen LogP contribution is 2.24. The summed E-state index contributed by atoms with van der Waals surface area (Å²) in [5.74, 6) is 0. The van der Waals surface area contributed by atoms with Gasteiger partial charge in [0, 0.05) is 5.71 Å². The van der Waals surface area contributed by atoms with Crippen molar-refractivity contribution in [2.24, 2.45) is 9.98 Å². The van der Waals surface area contributed by atoms with Crippen molar-refractivity contribution < 1.29 is 0 Å². The monoisotopic (exact) mass is 212 g/mol. The highest BCUT2D eigenvalue weighted by Gasteiger charge is 2.10.